The first kappa shape index (κ1) is 22.3. The van der Waals surface area contributed by atoms with Crippen LogP contribution in [-0.4, -0.2) is 34.9 Å². The van der Waals surface area contributed by atoms with E-state index >= 15 is 0 Å². The number of amides is 1. The fraction of sp³-hybridized carbons (Fsp3) is 0.412. The molecule has 0 saturated carbocycles. The van der Waals surface area contributed by atoms with Gasteiger partial charge in [0, 0.05) is 38.0 Å². The van der Waals surface area contributed by atoms with Crippen LogP contribution in [0.5, 0.6) is 0 Å². The van der Waals surface area contributed by atoms with Crippen molar-refractivity contribution in [2.75, 3.05) is 13.1 Å². The van der Waals surface area contributed by atoms with Crippen LogP contribution in [0.1, 0.15) is 25.2 Å². The number of benzene rings is 1. The molecule has 2 heterocycles. The van der Waals surface area contributed by atoms with Crippen molar-refractivity contribution in [3.63, 3.8) is 0 Å². The maximum atomic E-state index is 13.7. The smallest absolute Gasteiger partial charge is 0.223 e. The van der Waals surface area contributed by atoms with Crippen molar-refractivity contribution in [1.29, 1.82) is 0 Å². The summed E-state index contributed by atoms with van der Waals surface area (Å²) >= 11 is 0. The molecule has 144 valence electrons. The molecule has 26 heavy (non-hydrogen) atoms. The van der Waals surface area contributed by atoms with E-state index in [0.29, 0.717) is 18.9 Å². The number of aromatic nitrogens is 1. The number of carbonyl (C=O) groups excluding carboxylic acids is 1. The van der Waals surface area contributed by atoms with Gasteiger partial charge in [-0.05, 0) is 25.0 Å². The average Bonchev–Trinajstić information content (AvgIpc) is 3.21. The summed E-state index contributed by atoms with van der Waals surface area (Å²) in [5, 5.41) is 0. The molecule has 1 atom stereocenters. The molecule has 1 saturated heterocycles. The van der Waals surface area contributed by atoms with E-state index in [2.05, 4.69) is 4.98 Å². The summed E-state index contributed by atoms with van der Waals surface area (Å²) in [6, 6.07) is 3.37. The molecule has 1 aliphatic heterocycles. The topological polar surface area (TPSA) is 72.4 Å². The van der Waals surface area contributed by atoms with Crippen LogP contribution in [0.2, 0.25) is 0 Å². The Labute approximate surface area is 162 Å². The number of aryl methyl sites for hydroxylation is 1. The Bertz CT molecular complexity index is 743. The van der Waals surface area contributed by atoms with Crippen LogP contribution >= 0.6 is 24.8 Å². The third-order valence-electron chi connectivity index (χ3n) is 4.27. The second kappa shape index (κ2) is 9.85. The minimum absolute atomic E-state index is 0. The minimum Gasteiger partial charge on any atom is -0.441 e. The van der Waals surface area contributed by atoms with Gasteiger partial charge in [-0.1, -0.05) is 0 Å². The lowest BCUT2D eigenvalue weighted by Gasteiger charge is -2.23. The molecule has 0 radical (unpaired) electrons. The Kier molecular flexibility index (Phi) is 8.46. The molecule has 0 aliphatic carbocycles. The highest BCUT2D eigenvalue weighted by atomic mass is 35.5. The average molecular weight is 408 g/mol. The highest BCUT2D eigenvalue weighted by molar-refractivity contribution is 5.85. The number of likely N-dealkylation sites (tertiary alicyclic amines) is 1. The lowest BCUT2D eigenvalue weighted by atomic mass is 10.2. The first-order valence-corrected chi connectivity index (χ1v) is 7.98. The summed E-state index contributed by atoms with van der Waals surface area (Å²) < 4.78 is 32.2. The number of carbonyl (C=O) groups is 1. The molecule has 2 N–H and O–H groups in total. The minimum atomic E-state index is -0.711. The Morgan fingerprint density at radius 1 is 1.35 bits per heavy atom. The largest absolute Gasteiger partial charge is 0.441 e. The number of hydrogen-bond donors (Lipinski definition) is 1. The predicted octanol–water partition coefficient (Wildman–Crippen LogP) is 3.35. The summed E-state index contributed by atoms with van der Waals surface area (Å²) in [5.74, 6) is -0.768. The highest BCUT2D eigenvalue weighted by Gasteiger charge is 2.27. The molecule has 1 aromatic carbocycles. The van der Waals surface area contributed by atoms with Gasteiger partial charge in [-0.15, -0.1) is 24.8 Å². The summed E-state index contributed by atoms with van der Waals surface area (Å²) in [5.41, 5.74) is 5.82. The van der Waals surface area contributed by atoms with E-state index < -0.39 is 11.6 Å². The predicted molar refractivity (Wildman–Crippen MR) is 98.5 cm³/mol. The zero-order valence-electron chi connectivity index (χ0n) is 14.0. The van der Waals surface area contributed by atoms with E-state index in [1.54, 1.807) is 0 Å². The van der Waals surface area contributed by atoms with E-state index in [1.165, 1.54) is 12.3 Å². The van der Waals surface area contributed by atoms with Crippen molar-refractivity contribution >= 4 is 30.7 Å². The van der Waals surface area contributed by atoms with Crippen molar-refractivity contribution in [1.82, 2.24) is 9.88 Å². The molecule has 1 aromatic heterocycles. The molecular weight excluding hydrogens is 387 g/mol. The van der Waals surface area contributed by atoms with Crippen LogP contribution in [0.4, 0.5) is 8.78 Å². The number of nitrogens with zero attached hydrogens (tertiary/aromatic N) is 2. The molecule has 1 unspecified atom stereocenters. The molecule has 1 fully saturated rings. The van der Waals surface area contributed by atoms with Gasteiger partial charge in [0.15, 0.2) is 11.7 Å². The Hall–Kier alpha value is -1.70. The fourth-order valence-corrected chi connectivity index (χ4v) is 3.01. The van der Waals surface area contributed by atoms with Gasteiger partial charge in [0.1, 0.15) is 11.6 Å². The van der Waals surface area contributed by atoms with Gasteiger partial charge in [0.2, 0.25) is 5.91 Å². The lowest BCUT2D eigenvalue weighted by Crippen LogP contribution is -2.40. The molecule has 3 rings (SSSR count). The zero-order chi connectivity index (χ0) is 17.1. The standard InChI is InChI=1S/C17H19F2N3O2.2ClH/c18-11-3-4-13(14(19)8-11)15-10-21-16(24-15)5-6-17(23)22-7-1-2-12(22)9-20;;/h3-4,8,10,12H,1-2,5-7,9,20H2;2*1H. The SMILES string of the molecule is Cl.Cl.NCC1CCCN1C(=O)CCc1ncc(-c2ccc(F)cc2F)o1. The van der Waals surface area contributed by atoms with Gasteiger partial charge in [-0.3, -0.25) is 4.79 Å². The van der Waals surface area contributed by atoms with E-state index in [4.69, 9.17) is 10.2 Å². The van der Waals surface area contributed by atoms with Gasteiger partial charge in [-0.25, -0.2) is 13.8 Å². The van der Waals surface area contributed by atoms with Gasteiger partial charge >= 0.3 is 0 Å². The van der Waals surface area contributed by atoms with Crippen molar-refractivity contribution in [3.8, 4) is 11.3 Å². The zero-order valence-corrected chi connectivity index (χ0v) is 15.6. The van der Waals surface area contributed by atoms with Gasteiger partial charge < -0.3 is 15.1 Å². The number of oxazole rings is 1. The lowest BCUT2D eigenvalue weighted by molar-refractivity contribution is -0.131. The van der Waals surface area contributed by atoms with E-state index in [9.17, 15) is 13.6 Å². The van der Waals surface area contributed by atoms with E-state index in [-0.39, 0.29) is 54.5 Å². The van der Waals surface area contributed by atoms with Crippen molar-refractivity contribution in [2.45, 2.75) is 31.7 Å². The molecular formula is C17H21Cl2F2N3O2. The Morgan fingerprint density at radius 3 is 2.81 bits per heavy atom. The van der Waals surface area contributed by atoms with Crippen LogP contribution < -0.4 is 5.73 Å². The normalized spacial score (nSPS) is 16.1. The summed E-state index contributed by atoms with van der Waals surface area (Å²) in [6.45, 7) is 1.21. The van der Waals surface area contributed by atoms with Gasteiger partial charge in [-0.2, -0.15) is 0 Å². The third kappa shape index (κ3) is 4.93. The fourth-order valence-electron chi connectivity index (χ4n) is 3.01. The van der Waals surface area contributed by atoms with Crippen molar-refractivity contribution < 1.29 is 18.0 Å². The van der Waals surface area contributed by atoms with Crippen LogP contribution in [0, 0.1) is 11.6 Å². The molecule has 0 spiro atoms. The van der Waals surface area contributed by atoms with E-state index in [0.717, 1.165) is 31.5 Å². The van der Waals surface area contributed by atoms with Crippen LogP contribution in [-0.2, 0) is 11.2 Å². The third-order valence-corrected chi connectivity index (χ3v) is 4.27. The van der Waals surface area contributed by atoms with Gasteiger partial charge in [0.25, 0.3) is 0 Å². The van der Waals surface area contributed by atoms with Crippen molar-refractivity contribution in [2.24, 2.45) is 5.73 Å². The molecule has 2 aromatic rings. The quantitative estimate of drug-likeness (QED) is 0.824. The van der Waals surface area contributed by atoms with E-state index in [1.807, 2.05) is 4.90 Å². The molecule has 9 heteroatoms. The monoisotopic (exact) mass is 407 g/mol. The van der Waals surface area contributed by atoms with Crippen LogP contribution in [0.3, 0.4) is 0 Å². The summed E-state index contributed by atoms with van der Waals surface area (Å²) in [4.78, 5) is 18.1. The van der Waals surface area contributed by atoms with Gasteiger partial charge in [0.05, 0.1) is 11.8 Å². The van der Waals surface area contributed by atoms with Crippen molar-refractivity contribution in [3.05, 3.63) is 41.9 Å². The Morgan fingerprint density at radius 2 is 2.12 bits per heavy atom. The van der Waals surface area contributed by atoms with Crippen LogP contribution in [0.15, 0.2) is 28.8 Å². The first-order valence-electron chi connectivity index (χ1n) is 7.98. The number of rotatable bonds is 5. The maximum Gasteiger partial charge on any atom is 0.223 e. The second-order valence-electron chi connectivity index (χ2n) is 5.86. The molecule has 5 nitrogen and oxygen atoms in total. The molecule has 1 aliphatic rings. The second-order valence-corrected chi connectivity index (χ2v) is 5.86. The summed E-state index contributed by atoms with van der Waals surface area (Å²) in [6.07, 6.45) is 3.89. The number of halogens is 4. The summed E-state index contributed by atoms with van der Waals surface area (Å²) in [7, 11) is 0. The molecule has 1 amide bonds. The van der Waals surface area contributed by atoms with Crippen LogP contribution in [0.25, 0.3) is 11.3 Å². The maximum absolute atomic E-state index is 13.7. The number of nitrogens with two attached hydrogens (primary N) is 1. The Balaban J connectivity index is 0.00000169. The highest BCUT2D eigenvalue weighted by Crippen LogP contribution is 2.25. The molecule has 0 bridgehead atoms. The number of hydrogen-bond acceptors (Lipinski definition) is 4. The first-order chi connectivity index (χ1) is 11.6.